The predicted molar refractivity (Wildman–Crippen MR) is 109 cm³/mol. The summed E-state index contributed by atoms with van der Waals surface area (Å²) in [5.74, 6) is 0.641. The van der Waals surface area contributed by atoms with Gasteiger partial charge in [0.2, 0.25) is 0 Å². The van der Waals surface area contributed by atoms with E-state index in [0.717, 1.165) is 34.1 Å². The quantitative estimate of drug-likeness (QED) is 0.561. The summed E-state index contributed by atoms with van der Waals surface area (Å²) in [4.78, 5) is 0. The van der Waals surface area contributed by atoms with Crippen molar-refractivity contribution >= 4 is 10.8 Å². The zero-order valence-corrected chi connectivity index (χ0v) is 16.3. The first kappa shape index (κ1) is 18.7. The third-order valence-corrected chi connectivity index (χ3v) is 5.52. The second kappa shape index (κ2) is 6.78. The highest BCUT2D eigenvalue weighted by molar-refractivity contribution is 6.03. The molecule has 0 unspecified atom stereocenters. The number of benzene rings is 3. The molecule has 0 amide bonds. The van der Waals surface area contributed by atoms with Crippen LogP contribution in [-0.2, 0) is 18.8 Å². The van der Waals surface area contributed by atoms with Crippen molar-refractivity contribution in [2.24, 2.45) is 0 Å². The summed E-state index contributed by atoms with van der Waals surface area (Å²) in [6.07, 6.45) is 0.852. The first-order chi connectivity index (χ1) is 13.3. The summed E-state index contributed by atoms with van der Waals surface area (Å²) in [6.45, 7) is 3.71. The molecule has 1 aliphatic heterocycles. The van der Waals surface area contributed by atoms with Crippen LogP contribution in [0.4, 0.5) is 0 Å². The Morgan fingerprint density at radius 2 is 1.96 bits per heavy atom. The number of phenolic OH excluding ortho intramolecular Hbond substituents is 1. The van der Waals surface area contributed by atoms with Crippen molar-refractivity contribution in [3.63, 3.8) is 0 Å². The van der Waals surface area contributed by atoms with Crippen LogP contribution in [0.1, 0.15) is 30.5 Å². The van der Waals surface area contributed by atoms with Crippen molar-refractivity contribution < 1.29 is 20.1 Å². The molecule has 0 aliphatic carbocycles. The number of fused-ring (bicyclic) bond motifs is 2. The van der Waals surface area contributed by atoms with Gasteiger partial charge in [-0.1, -0.05) is 18.2 Å². The van der Waals surface area contributed by atoms with E-state index in [1.165, 1.54) is 0 Å². The van der Waals surface area contributed by atoms with Crippen LogP contribution in [0.3, 0.4) is 0 Å². The minimum Gasteiger partial charge on any atom is -0.507 e. The molecule has 1 heterocycles. The number of nitrogens with one attached hydrogen (secondary N) is 1. The maximum absolute atomic E-state index is 10.9. The SMILES string of the molecule is COc1cc(CO)cc2c(-c3ccc4c(c3)[C@](C)(O)N[C@H](C)C4)ccc(O)c12. The van der Waals surface area contributed by atoms with Crippen LogP contribution >= 0.6 is 0 Å². The highest BCUT2D eigenvalue weighted by Crippen LogP contribution is 2.41. The zero-order valence-electron chi connectivity index (χ0n) is 16.3. The Morgan fingerprint density at radius 3 is 2.68 bits per heavy atom. The Bertz CT molecular complexity index is 1060. The molecule has 4 N–H and O–H groups in total. The van der Waals surface area contributed by atoms with Crippen molar-refractivity contribution in [1.29, 1.82) is 0 Å². The minimum absolute atomic E-state index is 0.123. The lowest BCUT2D eigenvalue weighted by molar-refractivity contribution is 0.00158. The highest BCUT2D eigenvalue weighted by atomic mass is 16.5. The highest BCUT2D eigenvalue weighted by Gasteiger charge is 2.32. The number of methoxy groups -OCH3 is 1. The largest absolute Gasteiger partial charge is 0.507 e. The van der Waals surface area contributed by atoms with Crippen molar-refractivity contribution in [3.8, 4) is 22.6 Å². The van der Waals surface area contributed by atoms with Crippen LogP contribution in [0.15, 0.2) is 42.5 Å². The lowest BCUT2D eigenvalue weighted by Gasteiger charge is -2.36. The lowest BCUT2D eigenvalue weighted by atomic mass is 9.85. The minimum atomic E-state index is -1.11. The molecule has 28 heavy (non-hydrogen) atoms. The first-order valence-corrected chi connectivity index (χ1v) is 9.41. The van der Waals surface area contributed by atoms with E-state index >= 15 is 0 Å². The molecule has 5 heteroatoms. The fraction of sp³-hybridized carbons (Fsp3) is 0.304. The van der Waals surface area contributed by atoms with Gasteiger partial charge in [0.15, 0.2) is 0 Å². The van der Waals surface area contributed by atoms with Gasteiger partial charge in [-0.3, -0.25) is 5.32 Å². The Labute approximate surface area is 164 Å². The molecule has 1 aliphatic rings. The Morgan fingerprint density at radius 1 is 1.18 bits per heavy atom. The average molecular weight is 379 g/mol. The second-order valence-electron chi connectivity index (χ2n) is 7.70. The number of rotatable bonds is 3. The van der Waals surface area contributed by atoms with Crippen LogP contribution in [-0.4, -0.2) is 28.5 Å². The molecule has 4 rings (SSSR count). The predicted octanol–water partition coefficient (Wildman–Crippen LogP) is 3.41. The maximum atomic E-state index is 10.9. The monoisotopic (exact) mass is 379 g/mol. The summed E-state index contributed by atoms with van der Waals surface area (Å²) in [7, 11) is 1.55. The van der Waals surface area contributed by atoms with Crippen molar-refractivity contribution in [2.75, 3.05) is 7.11 Å². The van der Waals surface area contributed by atoms with E-state index in [0.29, 0.717) is 16.7 Å². The van der Waals surface area contributed by atoms with Gasteiger partial charge < -0.3 is 20.1 Å². The van der Waals surface area contributed by atoms with Gasteiger partial charge in [-0.2, -0.15) is 0 Å². The van der Waals surface area contributed by atoms with Crippen molar-refractivity contribution in [3.05, 3.63) is 59.2 Å². The van der Waals surface area contributed by atoms with Gasteiger partial charge in [-0.05, 0) is 72.2 Å². The second-order valence-corrected chi connectivity index (χ2v) is 7.70. The summed E-state index contributed by atoms with van der Waals surface area (Å²) < 4.78 is 5.46. The molecule has 5 nitrogen and oxygen atoms in total. The van der Waals surface area contributed by atoms with Crippen LogP contribution in [0, 0.1) is 0 Å². The molecule has 0 radical (unpaired) electrons. The maximum Gasteiger partial charge on any atom is 0.139 e. The summed E-state index contributed by atoms with van der Waals surface area (Å²) >= 11 is 0. The van der Waals surface area contributed by atoms with Gasteiger partial charge in [0.25, 0.3) is 0 Å². The van der Waals surface area contributed by atoms with Gasteiger partial charge in [-0.15, -0.1) is 0 Å². The third kappa shape index (κ3) is 3.02. The molecular weight excluding hydrogens is 354 g/mol. The lowest BCUT2D eigenvalue weighted by Crippen LogP contribution is -2.49. The van der Waals surface area contributed by atoms with Gasteiger partial charge in [0, 0.05) is 11.6 Å². The summed E-state index contributed by atoms with van der Waals surface area (Å²) in [5, 5.41) is 35.6. The molecule has 3 aromatic rings. The molecule has 0 spiro atoms. The Kier molecular flexibility index (Phi) is 4.54. The molecule has 2 atom stereocenters. The van der Waals surface area contributed by atoms with Crippen molar-refractivity contribution in [2.45, 2.75) is 38.6 Å². The molecular formula is C23H25NO4. The number of hydrogen-bond donors (Lipinski definition) is 4. The third-order valence-electron chi connectivity index (χ3n) is 5.52. The van der Waals surface area contributed by atoms with E-state index in [9.17, 15) is 15.3 Å². The molecule has 0 fully saturated rings. The molecule has 0 saturated carbocycles. The van der Waals surface area contributed by atoms with Crippen molar-refractivity contribution in [1.82, 2.24) is 5.32 Å². The molecule has 146 valence electrons. The fourth-order valence-corrected chi connectivity index (χ4v) is 4.30. The van der Waals surface area contributed by atoms with Gasteiger partial charge >= 0.3 is 0 Å². The normalized spacial score (nSPS) is 21.5. The van der Waals surface area contributed by atoms with E-state index in [1.807, 2.05) is 24.3 Å². The average Bonchev–Trinajstić information content (AvgIpc) is 2.66. The van der Waals surface area contributed by atoms with Gasteiger partial charge in [-0.25, -0.2) is 0 Å². The molecule has 0 aromatic heterocycles. The Hall–Kier alpha value is -2.60. The molecule has 0 bridgehead atoms. The summed E-state index contributed by atoms with van der Waals surface area (Å²) in [5.41, 5.74) is 3.41. The van der Waals surface area contributed by atoms with Gasteiger partial charge in [0.05, 0.1) is 19.1 Å². The molecule has 3 aromatic carbocycles. The fourth-order valence-electron chi connectivity index (χ4n) is 4.30. The number of phenols is 1. The van der Waals surface area contributed by atoms with Crippen LogP contribution < -0.4 is 10.1 Å². The number of ether oxygens (including phenoxy) is 1. The van der Waals surface area contributed by atoms with E-state index < -0.39 is 5.72 Å². The van der Waals surface area contributed by atoms with E-state index in [1.54, 1.807) is 26.2 Å². The standard InChI is InChI=1S/C23H25NO4/c1-13-8-16-5-4-15(11-19(16)23(2,27)24-13)17-6-7-20(26)22-18(17)9-14(12-25)10-21(22)28-3/h4-7,9-11,13,24-27H,8,12H2,1-3H3/t13-,23+/m1/s1. The zero-order chi connectivity index (χ0) is 20.1. The van der Waals surface area contributed by atoms with E-state index in [-0.39, 0.29) is 18.4 Å². The Balaban J connectivity index is 1.97. The van der Waals surface area contributed by atoms with E-state index in [4.69, 9.17) is 4.74 Å². The smallest absolute Gasteiger partial charge is 0.139 e. The topological polar surface area (TPSA) is 82.0 Å². The van der Waals surface area contributed by atoms with Gasteiger partial charge in [0.1, 0.15) is 17.2 Å². The summed E-state index contributed by atoms with van der Waals surface area (Å²) in [6, 6.07) is 13.4. The number of aliphatic hydroxyl groups is 2. The first-order valence-electron chi connectivity index (χ1n) is 9.41. The van der Waals surface area contributed by atoms with Crippen LogP contribution in [0.2, 0.25) is 0 Å². The molecule has 0 saturated heterocycles. The number of hydrogen-bond acceptors (Lipinski definition) is 5. The van der Waals surface area contributed by atoms with E-state index in [2.05, 4.69) is 18.3 Å². The number of aliphatic hydroxyl groups excluding tert-OH is 1. The van der Waals surface area contributed by atoms with Crippen LogP contribution in [0.25, 0.3) is 21.9 Å². The number of aromatic hydroxyl groups is 1. The van der Waals surface area contributed by atoms with Crippen LogP contribution in [0.5, 0.6) is 11.5 Å².